The van der Waals surface area contributed by atoms with Crippen molar-refractivity contribution in [2.24, 2.45) is 0 Å². The Labute approximate surface area is 300 Å². The molecule has 262 valence electrons. The molecular weight excluding hydrogens is 778 g/mol. The molecule has 0 bridgehead atoms. The maximum absolute atomic E-state index is 12.1. The molecule has 0 aliphatic heterocycles. The van der Waals surface area contributed by atoms with E-state index in [1.807, 2.05) is 31.2 Å². The molecule has 0 amide bonds. The van der Waals surface area contributed by atoms with Gasteiger partial charge in [-0.15, -0.1) is 0 Å². The zero-order chi connectivity index (χ0) is 36.5. The van der Waals surface area contributed by atoms with Crippen molar-refractivity contribution in [1.82, 2.24) is 0 Å². The summed E-state index contributed by atoms with van der Waals surface area (Å²) in [5.74, 6) is 4.79. The second-order valence-electron chi connectivity index (χ2n) is 8.61. The Hall–Kier alpha value is -4.68. The molecule has 4 aromatic rings. The monoisotopic (exact) mass is 807 g/mol. The van der Waals surface area contributed by atoms with Gasteiger partial charge in [0.2, 0.25) is 11.6 Å². The molecule has 49 heavy (non-hydrogen) atoms. The van der Waals surface area contributed by atoms with Gasteiger partial charge in [-0.25, -0.2) is 5.26 Å². The van der Waals surface area contributed by atoms with Crippen LogP contribution in [0.15, 0.2) is 97.1 Å². The van der Waals surface area contributed by atoms with Crippen molar-refractivity contribution >= 4 is 30.6 Å². The number of aryl methyl sites for hydroxylation is 2. The minimum atomic E-state index is -2.93. The quantitative estimate of drug-likeness (QED) is 0.0460. The third kappa shape index (κ3) is 19.0. The average molecular weight is 809 g/mol. The molecule has 0 unspecified atom stereocenters. The number of carbonyl (C=O) groups is 2. The van der Waals surface area contributed by atoms with E-state index in [-0.39, 0.29) is 40.4 Å². The molecule has 0 saturated carbocycles. The van der Waals surface area contributed by atoms with E-state index >= 15 is 0 Å². The third-order valence-electron chi connectivity index (χ3n) is 5.50. The number of hydrogen-bond donors (Lipinski definition) is 0. The van der Waals surface area contributed by atoms with Gasteiger partial charge < -0.3 is 16.9 Å². The van der Waals surface area contributed by atoms with Gasteiger partial charge in [0.05, 0.1) is 6.07 Å². The number of rotatable bonds is 7. The number of benzene rings is 4. The zero-order valence-corrected chi connectivity index (χ0v) is 29.6. The van der Waals surface area contributed by atoms with E-state index in [4.69, 9.17) is 29.6 Å². The van der Waals surface area contributed by atoms with Gasteiger partial charge in [-0.1, -0.05) is 54.3 Å². The standard InChI is InChI=1S/C16H12F2O3.C16H12F2O.C2H3N.CHN.CH3.2ClH.Pd/c1-10-4-2-3-5-13(10)15(20)14(19)11-6-8-12(9-7-11)21-16(17)18;1-12-4-2-3-5-14(12)9-6-13-7-10-15(11-8-13)19-16(17)18;1-2-3;1-2;;;;/h2-9,16H,1H3;2-5,7-8,10-11,16H,1H3;1H3;1H;1H3;2*1H;/q;;;;-1;;;+2/p-2. The van der Waals surface area contributed by atoms with Crippen molar-refractivity contribution < 1.29 is 52.6 Å². The Bertz CT molecular complexity index is 1690. The second-order valence-corrected chi connectivity index (χ2v) is 11.0. The van der Waals surface area contributed by atoms with Crippen LogP contribution in [0.25, 0.3) is 0 Å². The molecule has 13 heteroatoms. The number of nitriles is 2. The molecule has 4 rings (SSSR count). The first-order valence-electron chi connectivity index (χ1n) is 13.2. The Balaban J connectivity index is 0. The number of halogens is 6. The van der Waals surface area contributed by atoms with Crippen LogP contribution in [0.3, 0.4) is 0 Å². The number of ether oxygens (including phenoxy) is 2. The van der Waals surface area contributed by atoms with Gasteiger partial charge in [0, 0.05) is 35.7 Å². The number of nitrogens with zero attached hydrogens (tertiary/aromatic N) is 2. The summed E-state index contributed by atoms with van der Waals surface area (Å²) < 4.78 is 56.5. The first-order valence-corrected chi connectivity index (χ1v) is 17.2. The molecule has 0 radical (unpaired) electrons. The number of Topliss-reactive ketones (excluding diaryl/α,β-unsaturated/α-hetero) is 2. The van der Waals surface area contributed by atoms with E-state index in [9.17, 15) is 27.2 Å². The van der Waals surface area contributed by atoms with Crippen molar-refractivity contribution in [3.05, 3.63) is 138 Å². The fourth-order valence-corrected chi connectivity index (χ4v) is 3.44. The van der Waals surface area contributed by atoms with Crippen molar-refractivity contribution in [1.29, 1.82) is 10.5 Å². The van der Waals surface area contributed by atoms with Gasteiger partial charge in [0.15, 0.2) is 0 Å². The van der Waals surface area contributed by atoms with Crippen LogP contribution in [-0.4, -0.2) is 24.8 Å². The number of alkyl halides is 4. The summed E-state index contributed by atoms with van der Waals surface area (Å²) in [6.45, 7) is 2.92. The topological polar surface area (TPSA) is 100 Å². The van der Waals surface area contributed by atoms with Crippen LogP contribution in [-0.2, 0) is 15.9 Å². The Morgan fingerprint density at radius 3 is 1.55 bits per heavy atom. The molecule has 0 aliphatic rings. The average Bonchev–Trinajstić information content (AvgIpc) is 3.06. The summed E-state index contributed by atoms with van der Waals surface area (Å²) in [5, 5.41) is 13.8. The molecule has 0 atom stereocenters. The molecular formula is C36H31Cl2F4N2O4Pd-. The summed E-state index contributed by atoms with van der Waals surface area (Å²) >= 11 is -0.106. The first kappa shape index (κ1) is 46.4. The van der Waals surface area contributed by atoms with Crippen LogP contribution >= 0.6 is 19.1 Å². The summed E-state index contributed by atoms with van der Waals surface area (Å²) in [6.07, 6.45) is 0. The molecule has 0 saturated heterocycles. The van der Waals surface area contributed by atoms with E-state index in [0.29, 0.717) is 11.1 Å². The van der Waals surface area contributed by atoms with Crippen molar-refractivity contribution in [2.45, 2.75) is 34.0 Å². The van der Waals surface area contributed by atoms with E-state index in [1.165, 1.54) is 43.3 Å². The molecule has 0 N–H and O–H groups in total. The van der Waals surface area contributed by atoms with Crippen molar-refractivity contribution in [2.75, 3.05) is 0 Å². The summed E-state index contributed by atoms with van der Waals surface area (Å²) in [4.78, 5) is 24.2. The number of carbonyl (C=O) groups excluding carboxylic acids is 2. The van der Waals surface area contributed by atoms with E-state index in [0.717, 1.165) is 16.7 Å². The summed E-state index contributed by atoms with van der Waals surface area (Å²) in [7, 11) is 9.63. The number of ketones is 2. The van der Waals surface area contributed by atoms with Crippen LogP contribution < -0.4 is 9.47 Å². The normalized spacial score (nSPS) is 8.98. The fourth-order valence-electron chi connectivity index (χ4n) is 3.44. The second kappa shape index (κ2) is 27.3. The molecule has 0 fully saturated rings. The summed E-state index contributed by atoms with van der Waals surface area (Å²) in [6, 6.07) is 27.6. The Morgan fingerprint density at radius 1 is 0.714 bits per heavy atom. The van der Waals surface area contributed by atoms with Gasteiger partial charge in [-0.05, 0) is 79.6 Å². The van der Waals surface area contributed by atoms with Crippen molar-refractivity contribution in [3.8, 4) is 36.0 Å². The van der Waals surface area contributed by atoms with Crippen molar-refractivity contribution in [3.63, 3.8) is 0 Å². The van der Waals surface area contributed by atoms with Crippen LogP contribution in [0.1, 0.15) is 49.9 Å². The van der Waals surface area contributed by atoms with Gasteiger partial charge in [0.25, 0.3) is 0 Å². The summed E-state index contributed by atoms with van der Waals surface area (Å²) in [5.41, 5.74) is 3.97. The van der Waals surface area contributed by atoms with Crippen LogP contribution in [0.4, 0.5) is 17.6 Å². The zero-order valence-electron chi connectivity index (χ0n) is 26.6. The number of hydrogen-bond acceptors (Lipinski definition) is 6. The maximum atomic E-state index is 12.1. The van der Waals surface area contributed by atoms with Gasteiger partial charge in [-0.2, -0.15) is 22.8 Å². The Morgan fingerprint density at radius 2 is 1.12 bits per heavy atom. The fraction of sp³-hybridized carbons (Fsp3) is 0.139. The first-order chi connectivity index (χ1) is 23.0. The Kier molecular flexibility index (Phi) is 25.9. The van der Waals surface area contributed by atoms with E-state index < -0.39 is 24.8 Å². The predicted octanol–water partition coefficient (Wildman–Crippen LogP) is 10.2. The molecule has 0 heterocycles. The van der Waals surface area contributed by atoms with Gasteiger partial charge in [-0.3, -0.25) is 9.59 Å². The third-order valence-corrected chi connectivity index (χ3v) is 5.50. The SMILES string of the molecule is C#N.CC#N.Cc1ccccc1C#Cc1ccc(OC(F)F)cc1.Cc1ccccc1C(=O)C(=O)c1ccc(OC(F)F)cc1.[CH3-].[Cl][Pd][Cl]. The van der Waals surface area contributed by atoms with Crippen LogP contribution in [0.2, 0.25) is 0 Å². The van der Waals surface area contributed by atoms with E-state index in [2.05, 4.69) is 27.9 Å². The molecule has 0 spiro atoms. The molecule has 0 aliphatic carbocycles. The van der Waals surface area contributed by atoms with Gasteiger partial charge >= 0.3 is 48.2 Å². The molecule has 4 aromatic carbocycles. The van der Waals surface area contributed by atoms with Crippen LogP contribution in [0.5, 0.6) is 11.5 Å². The molecule has 0 aromatic heterocycles. The minimum absolute atomic E-state index is 0. The van der Waals surface area contributed by atoms with Gasteiger partial charge in [0.1, 0.15) is 11.5 Å². The van der Waals surface area contributed by atoms with E-state index in [1.54, 1.807) is 49.4 Å². The van der Waals surface area contributed by atoms with Crippen LogP contribution in [0, 0.1) is 56.3 Å². The molecule has 6 nitrogen and oxygen atoms in total. The predicted molar refractivity (Wildman–Crippen MR) is 179 cm³/mol.